The van der Waals surface area contributed by atoms with Crippen molar-refractivity contribution in [2.45, 2.75) is 24.8 Å². The Morgan fingerprint density at radius 3 is 2.76 bits per heavy atom. The van der Waals surface area contributed by atoms with Crippen LogP contribution in [0.4, 0.5) is 5.82 Å². The molecule has 0 radical (unpaired) electrons. The number of rotatable bonds is 8. The first-order chi connectivity index (χ1) is 13.8. The highest BCUT2D eigenvalue weighted by Gasteiger charge is 2.44. The van der Waals surface area contributed by atoms with Gasteiger partial charge >= 0.3 is 5.76 Å². The molecule has 154 valence electrons. The Kier molecular flexibility index (Phi) is 4.90. The molecule has 4 rings (SSSR count). The van der Waals surface area contributed by atoms with Gasteiger partial charge in [-0.25, -0.2) is 19.1 Å². The zero-order chi connectivity index (χ0) is 20.6. The third-order valence-corrected chi connectivity index (χ3v) is 5.43. The van der Waals surface area contributed by atoms with Gasteiger partial charge in [-0.2, -0.15) is 13.1 Å². The van der Waals surface area contributed by atoms with Crippen LogP contribution in [0.25, 0.3) is 17.2 Å². The van der Waals surface area contributed by atoms with Crippen LogP contribution in [0.15, 0.2) is 38.2 Å². The topological polar surface area (TPSA) is 171 Å². The highest BCUT2D eigenvalue weighted by Crippen LogP contribution is 2.39. The number of anilines is 1. The van der Waals surface area contributed by atoms with E-state index in [0.717, 1.165) is 0 Å². The average Bonchev–Trinajstić information content (AvgIpc) is 3.05. The Morgan fingerprint density at radius 1 is 1.28 bits per heavy atom. The van der Waals surface area contributed by atoms with Gasteiger partial charge in [0, 0.05) is 17.1 Å². The van der Waals surface area contributed by atoms with E-state index in [1.54, 1.807) is 24.3 Å². The molecule has 3 aromatic rings. The largest absolute Gasteiger partial charge is 0.446 e. The summed E-state index contributed by atoms with van der Waals surface area (Å²) in [4.78, 5) is 12.2. The van der Waals surface area contributed by atoms with Crippen LogP contribution in [0.5, 0.6) is 0 Å². The van der Waals surface area contributed by atoms with Crippen LogP contribution in [0.1, 0.15) is 19.3 Å². The van der Waals surface area contributed by atoms with E-state index in [9.17, 15) is 13.2 Å². The van der Waals surface area contributed by atoms with Gasteiger partial charge in [-0.1, -0.05) is 22.8 Å². The lowest BCUT2D eigenvalue weighted by Gasteiger charge is -2.15. The minimum atomic E-state index is -3.79. The summed E-state index contributed by atoms with van der Waals surface area (Å²) < 4.78 is 35.7. The van der Waals surface area contributed by atoms with Gasteiger partial charge < -0.3 is 5.32 Å². The second-order valence-corrected chi connectivity index (χ2v) is 8.38. The van der Waals surface area contributed by atoms with Gasteiger partial charge in [-0.15, -0.1) is 0 Å². The summed E-state index contributed by atoms with van der Waals surface area (Å²) in [6.45, 7) is 0.350. The highest BCUT2D eigenvalue weighted by molar-refractivity contribution is 7.87. The molecule has 0 spiro atoms. The molecule has 2 heterocycles. The van der Waals surface area contributed by atoms with E-state index in [1.165, 1.54) is 4.57 Å². The maximum Gasteiger partial charge on any atom is 0.446 e. The molecular weight excluding hydrogens is 426 g/mol. The monoisotopic (exact) mass is 441 g/mol. The van der Waals surface area contributed by atoms with Gasteiger partial charge in [0.2, 0.25) is 11.6 Å². The van der Waals surface area contributed by atoms with Crippen molar-refractivity contribution < 1.29 is 17.6 Å². The molecule has 12 nitrogen and oxygen atoms in total. The average molecular weight is 442 g/mol. The molecule has 2 aromatic heterocycles. The molecule has 0 unspecified atom stereocenters. The van der Waals surface area contributed by atoms with Gasteiger partial charge in [-0.05, 0) is 47.8 Å². The number of nitrogens with zero attached hydrogens (tertiary/aromatic N) is 4. The van der Waals surface area contributed by atoms with Gasteiger partial charge in [0.05, 0.1) is 5.69 Å². The normalized spacial score (nSPS) is 15.4. The molecule has 14 heteroatoms. The molecule has 1 fully saturated rings. The van der Waals surface area contributed by atoms with Crippen molar-refractivity contribution in [3.05, 3.63) is 39.8 Å². The lowest BCUT2D eigenvalue weighted by molar-refractivity contribution is 0.309. The van der Waals surface area contributed by atoms with E-state index < -0.39 is 21.5 Å². The zero-order valence-electron chi connectivity index (χ0n) is 14.8. The first-order valence-corrected chi connectivity index (χ1v) is 10.4. The Bertz CT molecular complexity index is 1200. The van der Waals surface area contributed by atoms with Crippen LogP contribution >= 0.6 is 11.6 Å². The van der Waals surface area contributed by atoms with E-state index in [-0.39, 0.29) is 17.3 Å². The smallest absolute Gasteiger partial charge is 0.365 e. The van der Waals surface area contributed by atoms with Crippen molar-refractivity contribution in [2.24, 2.45) is 5.14 Å². The maximum atomic E-state index is 12.2. The van der Waals surface area contributed by atoms with Crippen molar-refractivity contribution in [1.82, 2.24) is 24.8 Å². The first-order valence-electron chi connectivity index (χ1n) is 8.50. The molecule has 0 saturated heterocycles. The van der Waals surface area contributed by atoms with Crippen molar-refractivity contribution in [2.75, 3.05) is 11.9 Å². The van der Waals surface area contributed by atoms with Crippen molar-refractivity contribution in [3.63, 3.8) is 0 Å². The van der Waals surface area contributed by atoms with Crippen LogP contribution in [0.2, 0.25) is 5.02 Å². The van der Waals surface area contributed by atoms with E-state index in [1.807, 2.05) is 0 Å². The standard InChI is InChI=1S/C15H16ClN7O5S/c16-9-2-1-3-10(8-9)23-13(21-27-14(23)24)11-12(20-28-19-11)18-7-6-15(4-5-15)22-29(17,25)26/h1-3,8,22H,4-7H2,(H,18,20)(H2,17,25,26). The molecule has 0 amide bonds. The fraction of sp³-hybridized carbons (Fsp3) is 0.333. The quantitative estimate of drug-likeness (QED) is 0.453. The van der Waals surface area contributed by atoms with E-state index in [2.05, 4.69) is 25.5 Å². The fourth-order valence-electron chi connectivity index (χ4n) is 2.97. The second-order valence-electron chi connectivity index (χ2n) is 6.65. The Labute approximate surface area is 169 Å². The minimum Gasteiger partial charge on any atom is -0.365 e. The number of hydrogen-bond donors (Lipinski definition) is 3. The SMILES string of the molecule is NS(=O)(=O)NC1(CCNc2nonc2-c2noc(=O)n2-c2cccc(Cl)c2)CC1. The number of aromatic nitrogens is 4. The van der Waals surface area contributed by atoms with E-state index in [0.29, 0.717) is 36.5 Å². The van der Waals surface area contributed by atoms with Crippen LogP contribution in [-0.2, 0) is 10.2 Å². The maximum absolute atomic E-state index is 12.2. The van der Waals surface area contributed by atoms with Crippen LogP contribution in [0, 0.1) is 0 Å². The lowest BCUT2D eigenvalue weighted by Crippen LogP contribution is -2.42. The fourth-order valence-corrected chi connectivity index (χ4v) is 4.06. The summed E-state index contributed by atoms with van der Waals surface area (Å²) in [7, 11) is -3.79. The molecule has 0 bridgehead atoms. The third kappa shape index (κ3) is 4.32. The second kappa shape index (κ2) is 7.26. The minimum absolute atomic E-state index is 0.0739. The van der Waals surface area contributed by atoms with Gasteiger partial charge in [-0.3, -0.25) is 4.52 Å². The van der Waals surface area contributed by atoms with Crippen molar-refractivity contribution in [3.8, 4) is 17.2 Å². The Morgan fingerprint density at radius 2 is 2.07 bits per heavy atom. The molecule has 0 atom stereocenters. The number of halogens is 1. The summed E-state index contributed by atoms with van der Waals surface area (Å²) in [6.07, 6.45) is 1.84. The van der Waals surface area contributed by atoms with E-state index in [4.69, 9.17) is 25.9 Å². The summed E-state index contributed by atoms with van der Waals surface area (Å²) in [5, 5.41) is 19.8. The molecule has 1 aliphatic rings. The third-order valence-electron chi connectivity index (χ3n) is 4.48. The van der Waals surface area contributed by atoms with Crippen molar-refractivity contribution in [1.29, 1.82) is 0 Å². The first kappa shape index (κ1) is 19.6. The zero-order valence-corrected chi connectivity index (χ0v) is 16.4. The molecule has 4 N–H and O–H groups in total. The number of hydrogen-bond acceptors (Lipinski definition) is 9. The summed E-state index contributed by atoms with van der Waals surface area (Å²) in [6, 6.07) is 6.57. The van der Waals surface area contributed by atoms with E-state index >= 15 is 0 Å². The van der Waals surface area contributed by atoms with Gasteiger partial charge in [0.25, 0.3) is 10.2 Å². The summed E-state index contributed by atoms with van der Waals surface area (Å²) in [5.74, 6) is -0.434. The van der Waals surface area contributed by atoms with Crippen molar-refractivity contribution >= 4 is 27.6 Å². The molecule has 1 aliphatic carbocycles. The summed E-state index contributed by atoms with van der Waals surface area (Å²) in [5.41, 5.74) is 0.0244. The molecular formula is C15H16ClN7O5S. The predicted molar refractivity (Wildman–Crippen MR) is 102 cm³/mol. The van der Waals surface area contributed by atoms with Gasteiger partial charge in [0.1, 0.15) is 0 Å². The molecule has 1 saturated carbocycles. The van der Waals surface area contributed by atoms with Gasteiger partial charge in [0.15, 0.2) is 5.69 Å². The van der Waals surface area contributed by atoms with Crippen LogP contribution in [0.3, 0.4) is 0 Å². The lowest BCUT2D eigenvalue weighted by atomic mass is 10.2. The molecule has 0 aliphatic heterocycles. The van der Waals surface area contributed by atoms with Crippen LogP contribution < -0.4 is 20.9 Å². The molecule has 29 heavy (non-hydrogen) atoms. The number of benzene rings is 1. The number of nitrogens with two attached hydrogens (primary N) is 1. The summed E-state index contributed by atoms with van der Waals surface area (Å²) >= 11 is 6.00. The Balaban J connectivity index is 1.54. The highest BCUT2D eigenvalue weighted by atomic mass is 35.5. The Hall–Kier alpha value is -2.74. The predicted octanol–water partition coefficient (Wildman–Crippen LogP) is 0.657. The molecule has 1 aromatic carbocycles. The number of nitrogens with one attached hydrogen (secondary N) is 2. The van der Waals surface area contributed by atoms with Crippen LogP contribution in [-0.4, -0.2) is 40.5 Å².